The van der Waals surface area contributed by atoms with Crippen LogP contribution in [0.15, 0.2) is 97.2 Å². The SMILES string of the molecule is CCc1ccc(CN2C(=O)CC([C@@H]3CCc4ccccc43)C(=O)N(C)C[C@@H](Cc3ccc(Cl)cc3)N(C)C(=O)[C@H](CO)NC(=O)[C@@H]2C)c(Oc2ccc(-c3cnc(CN(C)C)n3C)cc2)c1. The van der Waals surface area contributed by atoms with Gasteiger partial charge in [-0.15, -0.1) is 0 Å². The molecule has 1 unspecified atom stereocenters. The van der Waals surface area contributed by atoms with Gasteiger partial charge in [-0.25, -0.2) is 4.98 Å². The molecule has 0 spiro atoms. The van der Waals surface area contributed by atoms with Crippen LogP contribution < -0.4 is 10.1 Å². The van der Waals surface area contributed by atoms with Crippen molar-refractivity contribution >= 4 is 35.2 Å². The van der Waals surface area contributed by atoms with Crippen LogP contribution in [0.2, 0.25) is 5.02 Å². The smallest absolute Gasteiger partial charge is 0.247 e. The quantitative estimate of drug-likeness (QED) is 0.142. The van der Waals surface area contributed by atoms with Gasteiger partial charge in [0.15, 0.2) is 0 Å². The van der Waals surface area contributed by atoms with Gasteiger partial charge in [-0.1, -0.05) is 67.1 Å². The van der Waals surface area contributed by atoms with E-state index in [2.05, 4.69) is 32.8 Å². The maximum atomic E-state index is 15.1. The van der Waals surface area contributed by atoms with E-state index in [4.69, 9.17) is 16.3 Å². The van der Waals surface area contributed by atoms with Crippen LogP contribution in [-0.2, 0) is 58.6 Å². The number of aliphatic hydroxyl groups excluding tert-OH is 1. The van der Waals surface area contributed by atoms with E-state index in [1.54, 1.807) is 38.1 Å². The van der Waals surface area contributed by atoms with Crippen LogP contribution in [-0.4, -0.2) is 117 Å². The van der Waals surface area contributed by atoms with E-state index < -0.39 is 48.4 Å². The highest BCUT2D eigenvalue weighted by atomic mass is 35.5. The van der Waals surface area contributed by atoms with E-state index in [1.807, 2.05) is 100 Å². The molecular formula is C52H62ClN7O6. The van der Waals surface area contributed by atoms with Crippen LogP contribution in [0.4, 0.5) is 0 Å². The van der Waals surface area contributed by atoms with E-state index in [0.29, 0.717) is 41.5 Å². The average Bonchev–Trinajstić information content (AvgIpc) is 3.91. The van der Waals surface area contributed by atoms with Crippen molar-refractivity contribution in [1.82, 2.24) is 34.5 Å². The third-order valence-electron chi connectivity index (χ3n) is 13.3. The molecule has 5 atom stereocenters. The van der Waals surface area contributed by atoms with Gasteiger partial charge in [-0.3, -0.25) is 19.2 Å². The first kappa shape index (κ1) is 47.9. The first-order chi connectivity index (χ1) is 31.6. The molecule has 14 heteroatoms. The first-order valence-electron chi connectivity index (χ1n) is 22.8. The van der Waals surface area contributed by atoms with Gasteiger partial charge in [-0.05, 0) is 117 Å². The number of carbonyl (C=O) groups is 4. The van der Waals surface area contributed by atoms with Crippen molar-refractivity contribution in [2.45, 2.75) is 83.1 Å². The van der Waals surface area contributed by atoms with Gasteiger partial charge in [0.05, 0.1) is 43.5 Å². The highest BCUT2D eigenvalue weighted by Crippen LogP contribution is 2.41. The van der Waals surface area contributed by atoms with E-state index >= 15 is 9.59 Å². The Morgan fingerprint density at radius 2 is 1.61 bits per heavy atom. The molecular weight excluding hydrogens is 854 g/mol. The zero-order chi connectivity index (χ0) is 47.2. The van der Waals surface area contributed by atoms with Crippen molar-refractivity contribution in [2.75, 3.05) is 41.3 Å². The Labute approximate surface area is 393 Å². The van der Waals surface area contributed by atoms with Crippen LogP contribution in [0.25, 0.3) is 11.3 Å². The topological polar surface area (TPSA) is 141 Å². The maximum Gasteiger partial charge on any atom is 0.247 e. The number of nitrogens with one attached hydrogen (secondary N) is 1. The molecule has 4 aromatic carbocycles. The Bertz CT molecular complexity index is 2530. The fourth-order valence-electron chi connectivity index (χ4n) is 9.30. The van der Waals surface area contributed by atoms with E-state index in [-0.39, 0.29) is 31.3 Å². The first-order valence-corrected chi connectivity index (χ1v) is 23.1. The molecule has 7 rings (SSSR count). The normalized spacial score (nSPS) is 21.0. The van der Waals surface area contributed by atoms with Gasteiger partial charge in [0.2, 0.25) is 23.6 Å². The van der Waals surface area contributed by atoms with E-state index in [1.165, 1.54) is 9.80 Å². The summed E-state index contributed by atoms with van der Waals surface area (Å²) in [6, 6.07) is 26.0. The van der Waals surface area contributed by atoms with Crippen LogP contribution in [0.5, 0.6) is 11.5 Å². The number of halogens is 1. The summed E-state index contributed by atoms with van der Waals surface area (Å²) >= 11 is 6.21. The zero-order valence-electron chi connectivity index (χ0n) is 39.0. The lowest BCUT2D eigenvalue weighted by Gasteiger charge is -2.38. The number of ether oxygens (including phenoxy) is 1. The number of hydrogen-bond donors (Lipinski definition) is 2. The third kappa shape index (κ3) is 10.8. The summed E-state index contributed by atoms with van der Waals surface area (Å²) in [6.45, 7) is 3.80. The fourth-order valence-corrected chi connectivity index (χ4v) is 9.43. The van der Waals surface area contributed by atoms with Crippen molar-refractivity contribution in [3.8, 4) is 22.8 Å². The molecule has 4 amide bonds. The summed E-state index contributed by atoms with van der Waals surface area (Å²) in [4.78, 5) is 70.0. The summed E-state index contributed by atoms with van der Waals surface area (Å²) in [5.74, 6) is -0.721. The number of benzene rings is 4. The Kier molecular flexibility index (Phi) is 15.3. The van der Waals surface area contributed by atoms with Crippen molar-refractivity contribution in [3.63, 3.8) is 0 Å². The van der Waals surface area contributed by atoms with E-state index in [9.17, 15) is 14.7 Å². The molecule has 1 aromatic heterocycles. The third-order valence-corrected chi connectivity index (χ3v) is 13.5. The number of carbonyl (C=O) groups excluding carboxylic acids is 4. The largest absolute Gasteiger partial charge is 0.457 e. The lowest BCUT2D eigenvalue weighted by Crippen LogP contribution is -2.58. The molecule has 0 bridgehead atoms. The lowest BCUT2D eigenvalue weighted by atomic mass is 9.83. The second kappa shape index (κ2) is 21.1. The van der Waals surface area contributed by atoms with Crippen molar-refractivity contribution in [2.24, 2.45) is 13.0 Å². The molecule has 1 aliphatic heterocycles. The highest BCUT2D eigenvalue weighted by molar-refractivity contribution is 6.30. The van der Waals surface area contributed by atoms with Crippen LogP contribution in [0.1, 0.15) is 66.2 Å². The number of hydrogen-bond acceptors (Lipinski definition) is 8. The van der Waals surface area contributed by atoms with Crippen molar-refractivity contribution < 1.29 is 29.0 Å². The van der Waals surface area contributed by atoms with Crippen LogP contribution in [0.3, 0.4) is 0 Å². The van der Waals surface area contributed by atoms with Crippen LogP contribution in [0, 0.1) is 5.92 Å². The van der Waals surface area contributed by atoms with Gasteiger partial charge in [0.25, 0.3) is 0 Å². The Morgan fingerprint density at radius 3 is 2.30 bits per heavy atom. The molecule has 1 aliphatic carbocycles. The Balaban J connectivity index is 1.23. The number of likely N-dealkylation sites (N-methyl/N-ethyl adjacent to an activating group) is 2. The minimum atomic E-state index is -1.31. The zero-order valence-corrected chi connectivity index (χ0v) is 39.8. The van der Waals surface area contributed by atoms with Gasteiger partial charge >= 0.3 is 0 Å². The highest BCUT2D eigenvalue weighted by Gasteiger charge is 2.41. The standard InChI is InChI=1S/C52H62ClN7O6/c1-8-34-13-16-38(47(26-34)66-41-22-17-37(18-23-41)46-28-54-48(59(46)7)31-56(3)4)29-60-33(2)50(63)55-45(32-61)52(65)58(6)40(25-35-14-20-39(53)21-15-35)30-57(5)51(64)44(27-49(60)62)43-24-19-36-11-9-10-12-42(36)43/h9-18,20-23,26,28,33,40,43-45,61H,8,19,24-25,27,29-32H2,1-7H3,(H,55,63)/t33-,40+,43+,44?,45-/m0/s1. The summed E-state index contributed by atoms with van der Waals surface area (Å²) < 4.78 is 8.69. The summed E-state index contributed by atoms with van der Waals surface area (Å²) in [6.07, 6.45) is 4.27. The molecule has 1 fully saturated rings. The molecule has 1 saturated heterocycles. The molecule has 2 N–H and O–H groups in total. The number of fused-ring (bicyclic) bond motifs is 1. The maximum absolute atomic E-state index is 15.1. The van der Waals surface area contributed by atoms with Crippen LogP contribution >= 0.6 is 11.6 Å². The van der Waals surface area contributed by atoms with Gasteiger partial charge < -0.3 is 39.3 Å². The molecule has 2 heterocycles. The van der Waals surface area contributed by atoms with Gasteiger partial charge in [0.1, 0.15) is 29.4 Å². The molecule has 66 heavy (non-hydrogen) atoms. The predicted octanol–water partition coefficient (Wildman–Crippen LogP) is 6.63. The summed E-state index contributed by atoms with van der Waals surface area (Å²) in [7, 11) is 9.36. The average molecular weight is 917 g/mol. The number of rotatable bonds is 12. The number of amides is 4. The lowest BCUT2D eigenvalue weighted by molar-refractivity contribution is -0.148. The monoisotopic (exact) mass is 915 g/mol. The molecule has 348 valence electrons. The predicted molar refractivity (Wildman–Crippen MR) is 256 cm³/mol. The molecule has 0 radical (unpaired) electrons. The Morgan fingerprint density at radius 1 is 0.894 bits per heavy atom. The summed E-state index contributed by atoms with van der Waals surface area (Å²) in [5.41, 5.74) is 6.69. The number of aryl methyl sites for hydroxylation is 2. The van der Waals surface area contributed by atoms with Gasteiger partial charge in [-0.2, -0.15) is 0 Å². The molecule has 13 nitrogen and oxygen atoms in total. The number of aromatic nitrogens is 2. The minimum absolute atomic E-state index is 0.0344. The second-order valence-electron chi connectivity index (χ2n) is 18.0. The van der Waals surface area contributed by atoms with E-state index in [0.717, 1.165) is 52.2 Å². The number of nitrogens with zero attached hydrogens (tertiary/aromatic N) is 6. The number of imidazole rings is 1. The molecule has 5 aromatic rings. The van der Waals surface area contributed by atoms with Crippen molar-refractivity contribution in [1.29, 1.82) is 0 Å². The Hall–Kier alpha value is -6.02. The molecule has 2 aliphatic rings. The van der Waals surface area contributed by atoms with Crippen molar-refractivity contribution in [3.05, 3.63) is 136 Å². The number of aliphatic hydroxyl groups is 1. The fraction of sp³-hybridized carbons (Fsp3) is 0.404. The minimum Gasteiger partial charge on any atom is -0.457 e. The summed E-state index contributed by atoms with van der Waals surface area (Å²) in [5, 5.41) is 13.9. The van der Waals surface area contributed by atoms with Gasteiger partial charge in [0, 0.05) is 50.3 Å². The molecule has 0 saturated carbocycles. The second-order valence-corrected chi connectivity index (χ2v) is 18.5.